The molecule has 1 aromatic heterocycles. The fourth-order valence-corrected chi connectivity index (χ4v) is 0.933. The molecule has 3 nitrogen and oxygen atoms in total. The molecule has 0 N–H and O–H groups in total. The number of hydrogen-bond acceptors (Lipinski definition) is 3. The van der Waals surface area contributed by atoms with Crippen LogP contribution < -0.4 is 0 Å². The summed E-state index contributed by atoms with van der Waals surface area (Å²) in [6, 6.07) is 3.69. The van der Waals surface area contributed by atoms with E-state index in [9.17, 15) is 4.79 Å². The molecule has 0 saturated heterocycles. The summed E-state index contributed by atoms with van der Waals surface area (Å²) in [6.45, 7) is 3.21. The van der Waals surface area contributed by atoms with E-state index in [1.807, 2.05) is 19.1 Å². The van der Waals surface area contributed by atoms with Crippen LogP contribution in [0.2, 0.25) is 0 Å². The molecule has 0 bridgehead atoms. The van der Waals surface area contributed by atoms with Crippen LogP contribution in [-0.4, -0.2) is 11.0 Å². The average molecular weight is 165 g/mol. The van der Waals surface area contributed by atoms with Crippen LogP contribution in [0.15, 0.2) is 24.5 Å². The summed E-state index contributed by atoms with van der Waals surface area (Å²) in [6.07, 6.45) is 3.16. The van der Waals surface area contributed by atoms with Gasteiger partial charge in [0.25, 0.3) is 0 Å². The maximum absolute atomic E-state index is 10.6. The number of hydrogen-bond donors (Lipinski definition) is 0. The van der Waals surface area contributed by atoms with Crippen LogP contribution in [0.1, 0.15) is 25.5 Å². The van der Waals surface area contributed by atoms with Crippen molar-refractivity contribution in [1.29, 1.82) is 0 Å². The number of carbonyl (C=O) groups is 1. The molecule has 0 radical (unpaired) electrons. The highest BCUT2D eigenvalue weighted by atomic mass is 16.5. The number of rotatable bonds is 2. The molecule has 0 amide bonds. The molecule has 0 aliphatic heterocycles. The maximum Gasteiger partial charge on any atom is 0.303 e. The van der Waals surface area contributed by atoms with Crippen molar-refractivity contribution in [3.8, 4) is 0 Å². The van der Waals surface area contributed by atoms with Crippen molar-refractivity contribution >= 4 is 5.97 Å². The lowest BCUT2D eigenvalue weighted by Crippen LogP contribution is -2.04. The lowest BCUT2D eigenvalue weighted by Gasteiger charge is -2.10. The Kier molecular flexibility index (Phi) is 2.80. The van der Waals surface area contributed by atoms with Crippen LogP contribution in [-0.2, 0) is 9.53 Å². The molecule has 1 heterocycles. The highest BCUT2D eigenvalue weighted by Crippen LogP contribution is 2.14. The van der Waals surface area contributed by atoms with Crippen molar-refractivity contribution in [3.63, 3.8) is 0 Å². The normalized spacial score (nSPS) is 12.2. The van der Waals surface area contributed by atoms with Gasteiger partial charge in [-0.3, -0.25) is 9.78 Å². The van der Waals surface area contributed by atoms with Crippen LogP contribution in [0, 0.1) is 0 Å². The van der Waals surface area contributed by atoms with Gasteiger partial charge < -0.3 is 4.74 Å². The molecule has 0 saturated carbocycles. The molecular weight excluding hydrogens is 154 g/mol. The van der Waals surface area contributed by atoms with Gasteiger partial charge in [0.05, 0.1) is 0 Å². The van der Waals surface area contributed by atoms with E-state index in [1.54, 1.807) is 12.4 Å². The zero-order chi connectivity index (χ0) is 8.97. The zero-order valence-corrected chi connectivity index (χ0v) is 7.15. The molecule has 64 valence electrons. The molecule has 1 rings (SSSR count). The second-order valence-electron chi connectivity index (χ2n) is 2.54. The third-order valence-electron chi connectivity index (χ3n) is 1.50. The Hall–Kier alpha value is -1.38. The van der Waals surface area contributed by atoms with Gasteiger partial charge in [-0.05, 0) is 13.0 Å². The number of aromatic nitrogens is 1. The summed E-state index contributed by atoms with van der Waals surface area (Å²) < 4.78 is 4.96. The van der Waals surface area contributed by atoms with Gasteiger partial charge in [-0.2, -0.15) is 0 Å². The van der Waals surface area contributed by atoms with Crippen LogP contribution in [0.25, 0.3) is 0 Å². The SMILES string of the molecule is CC(=O)O[C@@H](C)c1cccnc1. The van der Waals surface area contributed by atoms with Crippen molar-refractivity contribution in [3.05, 3.63) is 30.1 Å². The highest BCUT2D eigenvalue weighted by Gasteiger charge is 2.06. The Morgan fingerprint density at radius 1 is 1.67 bits per heavy atom. The van der Waals surface area contributed by atoms with Gasteiger partial charge in [-0.15, -0.1) is 0 Å². The van der Waals surface area contributed by atoms with Crippen molar-refractivity contribution in [2.75, 3.05) is 0 Å². The van der Waals surface area contributed by atoms with E-state index >= 15 is 0 Å². The molecule has 0 aromatic carbocycles. The van der Waals surface area contributed by atoms with Gasteiger partial charge in [0, 0.05) is 24.9 Å². The fraction of sp³-hybridized carbons (Fsp3) is 0.333. The summed E-state index contributed by atoms with van der Waals surface area (Å²) in [5.74, 6) is -0.272. The van der Waals surface area contributed by atoms with E-state index in [0.29, 0.717) is 0 Å². The first-order valence-electron chi connectivity index (χ1n) is 3.77. The zero-order valence-electron chi connectivity index (χ0n) is 7.15. The van der Waals surface area contributed by atoms with E-state index in [4.69, 9.17) is 4.74 Å². The van der Waals surface area contributed by atoms with Crippen molar-refractivity contribution in [1.82, 2.24) is 4.98 Å². The first-order chi connectivity index (χ1) is 5.70. The summed E-state index contributed by atoms with van der Waals surface area (Å²) >= 11 is 0. The smallest absolute Gasteiger partial charge is 0.303 e. The van der Waals surface area contributed by atoms with Crippen LogP contribution in [0.5, 0.6) is 0 Å². The Morgan fingerprint density at radius 3 is 2.92 bits per heavy atom. The number of nitrogens with zero attached hydrogens (tertiary/aromatic N) is 1. The third-order valence-corrected chi connectivity index (χ3v) is 1.50. The topological polar surface area (TPSA) is 39.2 Å². The van der Waals surface area contributed by atoms with Crippen LogP contribution in [0.3, 0.4) is 0 Å². The van der Waals surface area contributed by atoms with Gasteiger partial charge in [0.15, 0.2) is 0 Å². The first-order valence-corrected chi connectivity index (χ1v) is 3.77. The number of pyridine rings is 1. The Bertz CT molecular complexity index is 258. The third kappa shape index (κ3) is 2.34. The van der Waals surface area contributed by atoms with Crippen molar-refractivity contribution in [2.45, 2.75) is 20.0 Å². The molecule has 0 spiro atoms. The van der Waals surface area contributed by atoms with Gasteiger partial charge in [0.1, 0.15) is 6.10 Å². The molecule has 1 atom stereocenters. The molecule has 3 heteroatoms. The average Bonchev–Trinajstić information content (AvgIpc) is 2.05. The molecule has 1 aromatic rings. The second kappa shape index (κ2) is 3.85. The maximum atomic E-state index is 10.6. The van der Waals surface area contributed by atoms with Gasteiger partial charge in [-0.1, -0.05) is 6.07 Å². The number of ether oxygens (including phenoxy) is 1. The van der Waals surface area contributed by atoms with E-state index in [-0.39, 0.29) is 12.1 Å². The minimum atomic E-state index is -0.272. The van der Waals surface area contributed by atoms with Gasteiger partial charge >= 0.3 is 5.97 Å². The Morgan fingerprint density at radius 2 is 2.42 bits per heavy atom. The first kappa shape index (κ1) is 8.71. The summed E-state index contributed by atoms with van der Waals surface area (Å²) in [7, 11) is 0. The van der Waals surface area contributed by atoms with Crippen molar-refractivity contribution in [2.24, 2.45) is 0 Å². The molecule has 0 unspecified atom stereocenters. The predicted molar refractivity (Wildman–Crippen MR) is 44.4 cm³/mol. The van der Waals surface area contributed by atoms with Crippen LogP contribution >= 0.6 is 0 Å². The Labute approximate surface area is 71.4 Å². The molecule has 0 aliphatic carbocycles. The van der Waals surface area contributed by atoms with Gasteiger partial charge in [0.2, 0.25) is 0 Å². The van der Waals surface area contributed by atoms with Crippen LogP contribution in [0.4, 0.5) is 0 Å². The molecule has 12 heavy (non-hydrogen) atoms. The minimum Gasteiger partial charge on any atom is -0.458 e. The Balaban J connectivity index is 2.65. The van der Waals surface area contributed by atoms with Gasteiger partial charge in [-0.25, -0.2) is 0 Å². The second-order valence-corrected chi connectivity index (χ2v) is 2.54. The monoisotopic (exact) mass is 165 g/mol. The quantitative estimate of drug-likeness (QED) is 0.626. The predicted octanol–water partition coefficient (Wildman–Crippen LogP) is 1.71. The molecule has 0 aliphatic rings. The fourth-order valence-electron chi connectivity index (χ4n) is 0.933. The summed E-state index contributed by atoms with van der Waals surface area (Å²) in [4.78, 5) is 14.5. The highest BCUT2D eigenvalue weighted by molar-refractivity contribution is 5.66. The van der Waals surface area contributed by atoms with Crippen molar-refractivity contribution < 1.29 is 9.53 Å². The van der Waals surface area contributed by atoms with E-state index in [2.05, 4.69) is 4.98 Å². The standard InChI is InChI=1S/C9H11NO2/c1-7(12-8(2)11)9-4-3-5-10-6-9/h3-7H,1-2H3/t7-/m0/s1. The van der Waals surface area contributed by atoms with E-state index in [1.165, 1.54) is 6.92 Å². The number of esters is 1. The lowest BCUT2D eigenvalue weighted by atomic mass is 10.2. The largest absolute Gasteiger partial charge is 0.458 e. The van der Waals surface area contributed by atoms with E-state index < -0.39 is 0 Å². The van der Waals surface area contributed by atoms with E-state index in [0.717, 1.165) is 5.56 Å². The molecular formula is C9H11NO2. The minimum absolute atomic E-state index is 0.212. The molecule has 0 fully saturated rings. The summed E-state index contributed by atoms with van der Waals surface area (Å²) in [5.41, 5.74) is 0.910. The summed E-state index contributed by atoms with van der Waals surface area (Å²) in [5, 5.41) is 0. The number of carbonyl (C=O) groups excluding carboxylic acids is 1. The lowest BCUT2D eigenvalue weighted by molar-refractivity contribution is -0.145.